The van der Waals surface area contributed by atoms with Crippen LogP contribution in [0.4, 0.5) is 5.82 Å². The molecule has 0 radical (unpaired) electrons. The highest BCUT2D eigenvalue weighted by Crippen LogP contribution is 2.28. The molecule has 0 bridgehead atoms. The summed E-state index contributed by atoms with van der Waals surface area (Å²) in [5, 5.41) is 14.2. The number of carbonyl (C=O) groups excluding carboxylic acids is 1. The van der Waals surface area contributed by atoms with Crippen molar-refractivity contribution in [3.63, 3.8) is 0 Å². The number of nitrogens with one attached hydrogen (secondary N) is 1. The van der Waals surface area contributed by atoms with Crippen LogP contribution in [0.2, 0.25) is 0 Å². The topological polar surface area (TPSA) is 94.9 Å². The number of hydrazone groups is 1. The molecule has 3 aromatic carbocycles. The van der Waals surface area contributed by atoms with Crippen molar-refractivity contribution in [2.75, 3.05) is 19.6 Å². The van der Waals surface area contributed by atoms with E-state index in [0.29, 0.717) is 28.6 Å². The Morgan fingerprint density at radius 2 is 1.78 bits per heavy atom. The number of rotatable bonds is 7. The standard InChI is InChI=1S/C24H20N4O4/c1-30-19-10-8-17(9-11-19)24(29)32-21-12-7-16(13-22(21)31-2)14-25-27-23-20-6-4-3-5-18(20)15-26-28-23/h3-15H,1-2H3,(H,27,28). The van der Waals surface area contributed by atoms with E-state index in [0.717, 1.165) is 16.3 Å². The van der Waals surface area contributed by atoms with Crippen molar-refractivity contribution in [1.82, 2.24) is 10.2 Å². The minimum Gasteiger partial charge on any atom is -0.497 e. The van der Waals surface area contributed by atoms with Crippen LogP contribution in [0.25, 0.3) is 10.8 Å². The predicted molar refractivity (Wildman–Crippen MR) is 122 cm³/mol. The van der Waals surface area contributed by atoms with Crippen LogP contribution >= 0.6 is 0 Å². The van der Waals surface area contributed by atoms with Gasteiger partial charge in [-0.3, -0.25) is 5.43 Å². The molecule has 0 fully saturated rings. The van der Waals surface area contributed by atoms with Crippen LogP contribution < -0.4 is 19.6 Å². The van der Waals surface area contributed by atoms with E-state index in [1.807, 2.05) is 24.3 Å². The van der Waals surface area contributed by atoms with Crippen LogP contribution in [0.15, 0.2) is 78.0 Å². The monoisotopic (exact) mass is 428 g/mol. The smallest absolute Gasteiger partial charge is 0.343 e. The fourth-order valence-corrected chi connectivity index (χ4v) is 3.01. The highest BCUT2D eigenvalue weighted by molar-refractivity contribution is 5.92. The number of ether oxygens (including phenoxy) is 3. The molecule has 8 nitrogen and oxygen atoms in total. The van der Waals surface area contributed by atoms with Gasteiger partial charge in [0.15, 0.2) is 17.3 Å². The Kier molecular flexibility index (Phi) is 6.22. The van der Waals surface area contributed by atoms with E-state index >= 15 is 0 Å². The molecule has 32 heavy (non-hydrogen) atoms. The first kappa shape index (κ1) is 20.8. The van der Waals surface area contributed by atoms with Gasteiger partial charge in [0.2, 0.25) is 0 Å². The molecule has 1 aromatic heterocycles. The van der Waals surface area contributed by atoms with Gasteiger partial charge in [0.1, 0.15) is 5.75 Å². The lowest BCUT2D eigenvalue weighted by atomic mass is 10.2. The molecule has 0 aliphatic carbocycles. The molecule has 0 saturated carbocycles. The molecule has 1 N–H and O–H groups in total. The van der Waals surface area contributed by atoms with Gasteiger partial charge >= 0.3 is 5.97 Å². The molecule has 4 aromatic rings. The van der Waals surface area contributed by atoms with Crippen molar-refractivity contribution in [3.8, 4) is 17.2 Å². The summed E-state index contributed by atoms with van der Waals surface area (Å²) in [6.45, 7) is 0. The first-order valence-electron chi connectivity index (χ1n) is 9.71. The van der Waals surface area contributed by atoms with E-state index in [1.54, 1.807) is 62.0 Å². The van der Waals surface area contributed by atoms with Gasteiger partial charge in [-0.25, -0.2) is 4.79 Å². The summed E-state index contributed by atoms with van der Waals surface area (Å²) in [5.74, 6) is 1.42. The van der Waals surface area contributed by atoms with E-state index in [9.17, 15) is 4.79 Å². The lowest BCUT2D eigenvalue weighted by Crippen LogP contribution is -2.09. The number of anilines is 1. The predicted octanol–water partition coefficient (Wildman–Crippen LogP) is 4.31. The fraction of sp³-hybridized carbons (Fsp3) is 0.0833. The maximum absolute atomic E-state index is 12.4. The molecule has 0 spiro atoms. The molecular formula is C24H20N4O4. The van der Waals surface area contributed by atoms with E-state index < -0.39 is 5.97 Å². The zero-order chi connectivity index (χ0) is 22.3. The average molecular weight is 428 g/mol. The maximum Gasteiger partial charge on any atom is 0.343 e. The number of fused-ring (bicyclic) bond motifs is 1. The van der Waals surface area contributed by atoms with Crippen molar-refractivity contribution in [3.05, 3.63) is 84.1 Å². The van der Waals surface area contributed by atoms with Crippen LogP contribution in [0.5, 0.6) is 17.2 Å². The summed E-state index contributed by atoms with van der Waals surface area (Å²) < 4.78 is 16.0. The van der Waals surface area contributed by atoms with Crippen molar-refractivity contribution in [2.24, 2.45) is 5.10 Å². The number of esters is 1. The molecule has 0 saturated heterocycles. The Morgan fingerprint density at radius 3 is 2.56 bits per heavy atom. The third-order valence-corrected chi connectivity index (χ3v) is 4.67. The highest BCUT2D eigenvalue weighted by Gasteiger charge is 2.13. The maximum atomic E-state index is 12.4. The second-order valence-electron chi connectivity index (χ2n) is 6.68. The molecule has 0 aliphatic heterocycles. The Balaban J connectivity index is 1.47. The number of methoxy groups -OCH3 is 2. The largest absolute Gasteiger partial charge is 0.497 e. The van der Waals surface area contributed by atoms with Gasteiger partial charge in [0.05, 0.1) is 32.2 Å². The molecule has 0 atom stereocenters. The zero-order valence-corrected chi connectivity index (χ0v) is 17.5. The second-order valence-corrected chi connectivity index (χ2v) is 6.68. The van der Waals surface area contributed by atoms with Crippen LogP contribution in [0, 0.1) is 0 Å². The average Bonchev–Trinajstić information content (AvgIpc) is 2.85. The van der Waals surface area contributed by atoms with Crippen LogP contribution in [0.3, 0.4) is 0 Å². The Bertz CT molecular complexity index is 1270. The lowest BCUT2D eigenvalue weighted by molar-refractivity contribution is 0.0729. The minimum atomic E-state index is -0.497. The van der Waals surface area contributed by atoms with Gasteiger partial charge < -0.3 is 14.2 Å². The Morgan fingerprint density at radius 1 is 0.969 bits per heavy atom. The summed E-state index contributed by atoms with van der Waals surface area (Å²) in [6.07, 6.45) is 3.31. The summed E-state index contributed by atoms with van der Waals surface area (Å²) in [5.41, 5.74) is 4.05. The van der Waals surface area contributed by atoms with Gasteiger partial charge in [0, 0.05) is 10.8 Å². The first-order chi connectivity index (χ1) is 15.7. The minimum absolute atomic E-state index is 0.304. The normalized spacial score (nSPS) is 10.8. The number of hydrogen-bond donors (Lipinski definition) is 1. The van der Waals surface area contributed by atoms with Crippen molar-refractivity contribution < 1.29 is 19.0 Å². The number of carbonyl (C=O) groups is 1. The SMILES string of the molecule is COc1ccc(C(=O)Oc2ccc(C=NNc3nncc4ccccc34)cc2OC)cc1. The van der Waals surface area contributed by atoms with Gasteiger partial charge in [-0.2, -0.15) is 10.2 Å². The quantitative estimate of drug-likeness (QED) is 0.203. The fourth-order valence-electron chi connectivity index (χ4n) is 3.01. The summed E-state index contributed by atoms with van der Waals surface area (Å²) in [6, 6.07) is 19.6. The molecular weight excluding hydrogens is 408 g/mol. The van der Waals surface area contributed by atoms with Gasteiger partial charge in [-0.05, 0) is 48.0 Å². The van der Waals surface area contributed by atoms with E-state index in [1.165, 1.54) is 7.11 Å². The highest BCUT2D eigenvalue weighted by atomic mass is 16.6. The summed E-state index contributed by atoms with van der Waals surface area (Å²) in [4.78, 5) is 12.4. The third kappa shape index (κ3) is 4.65. The number of benzene rings is 3. The van der Waals surface area contributed by atoms with Crippen LogP contribution in [-0.2, 0) is 0 Å². The Hall–Kier alpha value is -4.46. The van der Waals surface area contributed by atoms with Gasteiger partial charge in [-0.1, -0.05) is 24.3 Å². The second kappa shape index (κ2) is 9.57. The first-order valence-corrected chi connectivity index (χ1v) is 9.71. The molecule has 0 unspecified atom stereocenters. The van der Waals surface area contributed by atoms with Crippen LogP contribution in [-0.4, -0.2) is 36.6 Å². The Labute approximate surface area is 184 Å². The van der Waals surface area contributed by atoms with E-state index in [-0.39, 0.29) is 0 Å². The van der Waals surface area contributed by atoms with E-state index in [4.69, 9.17) is 14.2 Å². The van der Waals surface area contributed by atoms with Crippen molar-refractivity contribution in [2.45, 2.75) is 0 Å². The third-order valence-electron chi connectivity index (χ3n) is 4.67. The molecule has 160 valence electrons. The molecule has 1 heterocycles. The van der Waals surface area contributed by atoms with Gasteiger partial charge in [-0.15, -0.1) is 5.10 Å². The zero-order valence-electron chi connectivity index (χ0n) is 17.5. The molecule has 0 aliphatic rings. The van der Waals surface area contributed by atoms with Crippen molar-refractivity contribution in [1.29, 1.82) is 0 Å². The number of nitrogens with zero attached hydrogens (tertiary/aromatic N) is 3. The molecule has 0 amide bonds. The van der Waals surface area contributed by atoms with Gasteiger partial charge in [0.25, 0.3) is 0 Å². The summed E-state index contributed by atoms with van der Waals surface area (Å²) in [7, 11) is 3.07. The number of hydrogen-bond acceptors (Lipinski definition) is 8. The lowest BCUT2D eigenvalue weighted by Gasteiger charge is -2.10. The molecule has 4 rings (SSSR count). The van der Waals surface area contributed by atoms with Crippen molar-refractivity contribution >= 4 is 28.8 Å². The van der Waals surface area contributed by atoms with Crippen LogP contribution in [0.1, 0.15) is 15.9 Å². The van der Waals surface area contributed by atoms with E-state index in [2.05, 4.69) is 20.7 Å². The molecule has 8 heteroatoms. The number of aromatic nitrogens is 2. The summed E-state index contributed by atoms with van der Waals surface area (Å²) >= 11 is 0.